The first kappa shape index (κ1) is 14.2. The molecule has 100 valence electrons. The van der Waals surface area contributed by atoms with E-state index >= 15 is 0 Å². The Morgan fingerprint density at radius 3 is 2.50 bits per heavy atom. The number of hydrogen-bond acceptors (Lipinski definition) is 5. The minimum absolute atomic E-state index is 0.180. The van der Waals surface area contributed by atoms with Gasteiger partial charge in [-0.1, -0.05) is 5.16 Å². The average Bonchev–Trinajstić information content (AvgIpc) is 2.57. The van der Waals surface area contributed by atoms with Crippen molar-refractivity contribution < 1.29 is 14.1 Å². The average molecular weight is 254 g/mol. The predicted molar refractivity (Wildman–Crippen MR) is 64.3 cm³/mol. The number of amides is 2. The van der Waals surface area contributed by atoms with Gasteiger partial charge in [0, 0.05) is 5.56 Å². The van der Waals surface area contributed by atoms with E-state index in [2.05, 4.69) is 10.5 Å². The molecule has 2 amide bonds. The van der Waals surface area contributed by atoms with Gasteiger partial charge in [0.15, 0.2) is 0 Å². The molecule has 18 heavy (non-hydrogen) atoms. The van der Waals surface area contributed by atoms with Crippen molar-refractivity contribution in [3.05, 3.63) is 17.0 Å². The van der Waals surface area contributed by atoms with E-state index < -0.39 is 17.9 Å². The monoisotopic (exact) mass is 254 g/mol. The molecule has 0 fully saturated rings. The molecule has 0 aliphatic carbocycles. The Morgan fingerprint density at radius 1 is 1.44 bits per heavy atom. The van der Waals surface area contributed by atoms with Crippen molar-refractivity contribution in [1.29, 1.82) is 0 Å². The van der Waals surface area contributed by atoms with Gasteiger partial charge in [-0.05, 0) is 20.8 Å². The van der Waals surface area contributed by atoms with Gasteiger partial charge in [-0.25, -0.2) is 0 Å². The van der Waals surface area contributed by atoms with Crippen molar-refractivity contribution in [3.63, 3.8) is 0 Å². The summed E-state index contributed by atoms with van der Waals surface area (Å²) in [4.78, 5) is 22.4. The Labute approximate surface area is 105 Å². The fourth-order valence-corrected chi connectivity index (χ4v) is 1.81. The first-order valence-corrected chi connectivity index (χ1v) is 5.60. The van der Waals surface area contributed by atoms with E-state index in [0.29, 0.717) is 11.5 Å². The molecule has 0 aliphatic heterocycles. The van der Waals surface area contributed by atoms with Crippen LogP contribution in [0.3, 0.4) is 0 Å². The lowest BCUT2D eigenvalue weighted by Crippen LogP contribution is -2.43. The summed E-state index contributed by atoms with van der Waals surface area (Å²) in [6, 6.07) is -1.23. The molecule has 7 heteroatoms. The van der Waals surface area contributed by atoms with Crippen LogP contribution in [0.5, 0.6) is 0 Å². The molecule has 5 N–H and O–H groups in total. The maximum Gasteiger partial charge on any atom is 0.237 e. The van der Waals surface area contributed by atoms with E-state index in [0.717, 1.165) is 5.56 Å². The highest BCUT2D eigenvalue weighted by atomic mass is 16.5. The molecule has 0 spiro atoms. The molecule has 0 aliphatic rings. The van der Waals surface area contributed by atoms with E-state index in [-0.39, 0.29) is 12.5 Å². The third-order valence-corrected chi connectivity index (χ3v) is 2.64. The molecular formula is C11H18N4O3. The van der Waals surface area contributed by atoms with E-state index in [4.69, 9.17) is 16.0 Å². The molecule has 0 bridgehead atoms. The van der Waals surface area contributed by atoms with Gasteiger partial charge in [0.25, 0.3) is 0 Å². The Morgan fingerprint density at radius 2 is 2.06 bits per heavy atom. The van der Waals surface area contributed by atoms with E-state index in [1.165, 1.54) is 0 Å². The summed E-state index contributed by atoms with van der Waals surface area (Å²) in [6.45, 7) is 5.35. The smallest absolute Gasteiger partial charge is 0.237 e. The Bertz CT molecular complexity index is 436. The maximum absolute atomic E-state index is 11.7. The van der Waals surface area contributed by atoms with Crippen molar-refractivity contribution in [2.45, 2.75) is 39.3 Å². The minimum Gasteiger partial charge on any atom is -0.370 e. The predicted octanol–water partition coefficient (Wildman–Crippen LogP) is -0.329. The van der Waals surface area contributed by atoms with Crippen molar-refractivity contribution in [3.8, 4) is 0 Å². The number of carbonyl (C=O) groups excluding carboxylic acids is 2. The summed E-state index contributed by atoms with van der Waals surface area (Å²) in [5.41, 5.74) is 12.1. The zero-order valence-corrected chi connectivity index (χ0v) is 10.7. The SMILES string of the molecule is Cc1noc(C)c1C(C)NC(=O)C(N)CC(N)=O. The van der Waals surface area contributed by atoms with Crippen LogP contribution >= 0.6 is 0 Å². The van der Waals surface area contributed by atoms with Crippen LogP contribution in [0.4, 0.5) is 0 Å². The van der Waals surface area contributed by atoms with Crippen LogP contribution in [0.2, 0.25) is 0 Å². The number of primary amides is 1. The molecule has 0 saturated heterocycles. The van der Waals surface area contributed by atoms with Crippen molar-refractivity contribution in [2.24, 2.45) is 11.5 Å². The van der Waals surface area contributed by atoms with Crippen molar-refractivity contribution in [2.75, 3.05) is 0 Å². The topological polar surface area (TPSA) is 124 Å². The maximum atomic E-state index is 11.7. The zero-order chi connectivity index (χ0) is 13.9. The van der Waals surface area contributed by atoms with Gasteiger partial charge in [-0.15, -0.1) is 0 Å². The number of aromatic nitrogens is 1. The highest BCUT2D eigenvalue weighted by Crippen LogP contribution is 2.20. The number of nitrogens with zero attached hydrogens (tertiary/aromatic N) is 1. The summed E-state index contributed by atoms with van der Waals surface area (Å²) >= 11 is 0. The lowest BCUT2D eigenvalue weighted by Gasteiger charge is -2.16. The summed E-state index contributed by atoms with van der Waals surface area (Å²) in [7, 11) is 0. The summed E-state index contributed by atoms with van der Waals surface area (Å²) in [5, 5.41) is 6.50. The molecule has 0 aromatic carbocycles. The van der Waals surface area contributed by atoms with Gasteiger partial charge >= 0.3 is 0 Å². The summed E-state index contributed by atoms with van der Waals surface area (Å²) in [5.74, 6) is -0.396. The molecule has 1 heterocycles. The first-order chi connectivity index (χ1) is 8.32. The van der Waals surface area contributed by atoms with E-state index in [1.807, 2.05) is 0 Å². The van der Waals surface area contributed by atoms with Crippen LogP contribution in [0.1, 0.15) is 36.4 Å². The quantitative estimate of drug-likeness (QED) is 0.663. The lowest BCUT2D eigenvalue weighted by atomic mass is 10.1. The van der Waals surface area contributed by atoms with Crippen molar-refractivity contribution >= 4 is 11.8 Å². The number of rotatable bonds is 5. The summed E-state index contributed by atoms with van der Waals surface area (Å²) in [6.07, 6.45) is -0.180. The lowest BCUT2D eigenvalue weighted by molar-refractivity contribution is -0.126. The molecule has 1 aromatic rings. The highest BCUT2D eigenvalue weighted by molar-refractivity contribution is 5.87. The number of nitrogens with two attached hydrogens (primary N) is 2. The molecule has 0 saturated carbocycles. The van der Waals surface area contributed by atoms with Crippen LogP contribution in [0, 0.1) is 13.8 Å². The molecule has 1 rings (SSSR count). The number of nitrogens with one attached hydrogen (secondary N) is 1. The Balaban J connectivity index is 2.68. The first-order valence-electron chi connectivity index (χ1n) is 5.60. The second-order valence-electron chi connectivity index (χ2n) is 4.25. The molecule has 1 aromatic heterocycles. The Kier molecular flexibility index (Phi) is 4.43. The molecular weight excluding hydrogens is 236 g/mol. The van der Waals surface area contributed by atoms with Crippen LogP contribution in [0.15, 0.2) is 4.52 Å². The van der Waals surface area contributed by atoms with Gasteiger partial charge < -0.3 is 21.3 Å². The van der Waals surface area contributed by atoms with Gasteiger partial charge in [0.1, 0.15) is 5.76 Å². The third kappa shape index (κ3) is 3.30. The van der Waals surface area contributed by atoms with E-state index in [1.54, 1.807) is 20.8 Å². The van der Waals surface area contributed by atoms with Crippen LogP contribution < -0.4 is 16.8 Å². The van der Waals surface area contributed by atoms with Crippen LogP contribution in [-0.2, 0) is 9.59 Å². The number of hydrogen-bond donors (Lipinski definition) is 3. The third-order valence-electron chi connectivity index (χ3n) is 2.64. The fourth-order valence-electron chi connectivity index (χ4n) is 1.81. The standard InChI is InChI=1S/C11H18N4O3/c1-5(10-6(2)15-18-7(10)3)14-11(17)8(12)4-9(13)16/h5,8H,4,12H2,1-3H3,(H2,13,16)(H,14,17). The minimum atomic E-state index is -0.939. The van der Waals surface area contributed by atoms with Crippen LogP contribution in [0.25, 0.3) is 0 Å². The molecule has 0 radical (unpaired) electrons. The molecule has 2 atom stereocenters. The Hall–Kier alpha value is -1.89. The number of carbonyl (C=O) groups is 2. The zero-order valence-electron chi connectivity index (χ0n) is 10.7. The number of aryl methyl sites for hydroxylation is 2. The largest absolute Gasteiger partial charge is 0.370 e. The normalized spacial score (nSPS) is 14.0. The molecule has 2 unspecified atom stereocenters. The second kappa shape index (κ2) is 5.63. The van der Waals surface area contributed by atoms with Crippen LogP contribution in [-0.4, -0.2) is 23.0 Å². The van der Waals surface area contributed by atoms with Crippen molar-refractivity contribution in [1.82, 2.24) is 10.5 Å². The van der Waals surface area contributed by atoms with Gasteiger partial charge in [0.2, 0.25) is 11.8 Å². The molecule has 7 nitrogen and oxygen atoms in total. The highest BCUT2D eigenvalue weighted by Gasteiger charge is 2.22. The van der Waals surface area contributed by atoms with E-state index in [9.17, 15) is 9.59 Å². The van der Waals surface area contributed by atoms with Gasteiger partial charge in [-0.2, -0.15) is 0 Å². The fraction of sp³-hybridized carbons (Fsp3) is 0.545. The second-order valence-corrected chi connectivity index (χ2v) is 4.25. The van der Waals surface area contributed by atoms with Gasteiger partial charge in [0.05, 0.1) is 24.2 Å². The van der Waals surface area contributed by atoms with Gasteiger partial charge in [-0.3, -0.25) is 9.59 Å². The summed E-state index contributed by atoms with van der Waals surface area (Å²) < 4.78 is 5.02.